The second kappa shape index (κ2) is 10.5. The van der Waals surface area contributed by atoms with Crippen LogP contribution in [0.2, 0.25) is 0 Å². The third-order valence-corrected chi connectivity index (χ3v) is 5.81. The molecule has 1 atom stereocenters. The lowest BCUT2D eigenvalue weighted by atomic mass is 10.0. The molecular formula is C21H25BrN4O5. The molecule has 0 spiro atoms. The smallest absolute Gasteiger partial charge is 0.264 e. The van der Waals surface area contributed by atoms with Crippen LogP contribution in [-0.4, -0.2) is 58.9 Å². The van der Waals surface area contributed by atoms with Crippen LogP contribution in [0.1, 0.15) is 59.2 Å². The maximum absolute atomic E-state index is 13.0. The highest BCUT2D eigenvalue weighted by molar-refractivity contribution is 9.09. The first-order valence-electron chi connectivity index (χ1n) is 10.3. The molecule has 10 heteroatoms. The number of fused-ring (bicyclic) bond motifs is 1. The summed E-state index contributed by atoms with van der Waals surface area (Å²) in [6, 6.07) is 3.94. The molecule has 166 valence electrons. The van der Waals surface area contributed by atoms with Crippen molar-refractivity contribution in [2.45, 2.75) is 44.6 Å². The van der Waals surface area contributed by atoms with Crippen LogP contribution < -0.4 is 16.0 Å². The standard InChI is InChI=1S/C21H25BrN4O5/c22-10-2-1-7-16(27)24-12-4-11-23-14-6-3-5-13-18(14)21(31)26(20(13)30)15-8-9-17(28)25-19(15)29/h3,5-6,15,23H,1-2,4,7-12H2,(H,24,27)(H,25,28,29). The summed E-state index contributed by atoms with van der Waals surface area (Å²) in [6.45, 7) is 1.00. The van der Waals surface area contributed by atoms with E-state index in [4.69, 9.17) is 0 Å². The molecular weight excluding hydrogens is 468 g/mol. The molecule has 0 aliphatic carbocycles. The van der Waals surface area contributed by atoms with Crippen molar-refractivity contribution in [3.8, 4) is 0 Å². The van der Waals surface area contributed by atoms with Gasteiger partial charge >= 0.3 is 0 Å². The highest BCUT2D eigenvalue weighted by atomic mass is 79.9. The van der Waals surface area contributed by atoms with E-state index in [0.29, 0.717) is 31.6 Å². The van der Waals surface area contributed by atoms with E-state index in [-0.39, 0.29) is 29.9 Å². The van der Waals surface area contributed by atoms with Gasteiger partial charge in [-0.05, 0) is 37.8 Å². The van der Waals surface area contributed by atoms with Gasteiger partial charge in [0, 0.05) is 36.9 Å². The fourth-order valence-electron chi connectivity index (χ4n) is 3.67. The Balaban J connectivity index is 1.57. The van der Waals surface area contributed by atoms with Crippen LogP contribution in [0.5, 0.6) is 0 Å². The van der Waals surface area contributed by atoms with Gasteiger partial charge < -0.3 is 10.6 Å². The van der Waals surface area contributed by atoms with Crippen molar-refractivity contribution in [3.63, 3.8) is 0 Å². The maximum Gasteiger partial charge on any atom is 0.264 e. The van der Waals surface area contributed by atoms with Crippen LogP contribution in [0.15, 0.2) is 18.2 Å². The minimum absolute atomic E-state index is 0.0159. The molecule has 1 saturated heterocycles. The summed E-state index contributed by atoms with van der Waals surface area (Å²) in [5.74, 6) is -2.10. The van der Waals surface area contributed by atoms with Gasteiger partial charge in [-0.3, -0.25) is 34.2 Å². The fourth-order valence-corrected chi connectivity index (χ4v) is 4.07. The van der Waals surface area contributed by atoms with Gasteiger partial charge in [0.15, 0.2) is 0 Å². The summed E-state index contributed by atoms with van der Waals surface area (Å²) in [5, 5.41) is 9.08. The molecule has 2 heterocycles. The normalized spacial score (nSPS) is 18.1. The third-order valence-electron chi connectivity index (χ3n) is 5.25. The van der Waals surface area contributed by atoms with Crippen LogP contribution in [0, 0.1) is 0 Å². The number of carbonyl (C=O) groups excluding carboxylic acids is 5. The first kappa shape index (κ1) is 22.9. The number of unbranched alkanes of at least 4 members (excludes halogenated alkanes) is 1. The molecule has 0 radical (unpaired) electrons. The molecule has 0 bridgehead atoms. The second-order valence-electron chi connectivity index (χ2n) is 7.45. The summed E-state index contributed by atoms with van der Waals surface area (Å²) >= 11 is 3.33. The lowest BCUT2D eigenvalue weighted by molar-refractivity contribution is -0.136. The highest BCUT2D eigenvalue weighted by Gasteiger charge is 2.45. The van der Waals surface area contributed by atoms with E-state index in [9.17, 15) is 24.0 Å². The molecule has 3 rings (SSSR count). The average Bonchev–Trinajstić information content (AvgIpc) is 2.99. The number of anilines is 1. The molecule has 2 aliphatic rings. The van der Waals surface area contributed by atoms with Gasteiger partial charge in [-0.1, -0.05) is 22.0 Å². The number of rotatable bonds is 10. The number of imide groups is 2. The molecule has 31 heavy (non-hydrogen) atoms. The van der Waals surface area contributed by atoms with Gasteiger partial charge in [0.25, 0.3) is 11.8 Å². The number of halogens is 1. The number of hydrogen-bond donors (Lipinski definition) is 3. The van der Waals surface area contributed by atoms with Crippen molar-refractivity contribution < 1.29 is 24.0 Å². The predicted molar refractivity (Wildman–Crippen MR) is 117 cm³/mol. The lowest BCUT2D eigenvalue weighted by Crippen LogP contribution is -2.54. The SMILES string of the molecule is O=C(CCCCBr)NCCCNc1cccc2c1C(=O)N(C1CCC(=O)NC1=O)C2=O. The summed E-state index contributed by atoms with van der Waals surface area (Å²) in [4.78, 5) is 62.0. The largest absolute Gasteiger partial charge is 0.384 e. The zero-order valence-electron chi connectivity index (χ0n) is 17.0. The Kier molecular flexibility index (Phi) is 7.78. The Morgan fingerprint density at radius 2 is 1.90 bits per heavy atom. The van der Waals surface area contributed by atoms with Gasteiger partial charge in [-0.2, -0.15) is 0 Å². The van der Waals surface area contributed by atoms with Gasteiger partial charge in [0.2, 0.25) is 17.7 Å². The quantitative estimate of drug-likeness (QED) is 0.258. The van der Waals surface area contributed by atoms with Gasteiger partial charge in [-0.15, -0.1) is 0 Å². The molecule has 1 fully saturated rings. The van der Waals surface area contributed by atoms with Crippen molar-refractivity contribution in [3.05, 3.63) is 29.3 Å². The Hall–Kier alpha value is -2.75. The van der Waals surface area contributed by atoms with Gasteiger partial charge in [-0.25, -0.2) is 0 Å². The Labute approximate surface area is 188 Å². The van der Waals surface area contributed by atoms with Crippen LogP contribution in [-0.2, 0) is 14.4 Å². The van der Waals surface area contributed by atoms with E-state index >= 15 is 0 Å². The summed E-state index contributed by atoms with van der Waals surface area (Å²) in [5.41, 5.74) is 0.977. The second-order valence-corrected chi connectivity index (χ2v) is 8.24. The molecule has 0 saturated carbocycles. The molecule has 1 unspecified atom stereocenters. The third kappa shape index (κ3) is 5.30. The zero-order chi connectivity index (χ0) is 22.4. The van der Waals surface area contributed by atoms with Crippen molar-refractivity contribution in [1.82, 2.24) is 15.5 Å². The molecule has 3 N–H and O–H groups in total. The molecule has 2 aliphatic heterocycles. The van der Waals surface area contributed by atoms with E-state index in [1.807, 2.05) is 0 Å². The minimum atomic E-state index is -0.988. The number of alkyl halides is 1. The topological polar surface area (TPSA) is 125 Å². The number of nitrogens with zero attached hydrogens (tertiary/aromatic N) is 1. The minimum Gasteiger partial charge on any atom is -0.384 e. The number of carbonyl (C=O) groups is 5. The fraction of sp³-hybridized carbons (Fsp3) is 0.476. The number of nitrogens with one attached hydrogen (secondary N) is 3. The number of piperidine rings is 1. The average molecular weight is 493 g/mol. The van der Waals surface area contributed by atoms with E-state index in [1.54, 1.807) is 18.2 Å². The summed E-state index contributed by atoms with van der Waals surface area (Å²) in [6.07, 6.45) is 3.14. The highest BCUT2D eigenvalue weighted by Crippen LogP contribution is 2.32. The number of amides is 5. The first-order valence-corrected chi connectivity index (χ1v) is 11.5. The molecule has 9 nitrogen and oxygen atoms in total. The van der Waals surface area contributed by atoms with E-state index in [2.05, 4.69) is 31.9 Å². The van der Waals surface area contributed by atoms with Crippen LogP contribution in [0.25, 0.3) is 0 Å². The zero-order valence-corrected chi connectivity index (χ0v) is 18.6. The first-order chi connectivity index (χ1) is 14.9. The van der Waals surface area contributed by atoms with Crippen molar-refractivity contribution in [2.24, 2.45) is 0 Å². The Bertz CT molecular complexity index is 904. The summed E-state index contributed by atoms with van der Waals surface area (Å²) in [7, 11) is 0. The number of hydrogen-bond acceptors (Lipinski definition) is 6. The van der Waals surface area contributed by atoms with Gasteiger partial charge in [0.05, 0.1) is 11.1 Å². The van der Waals surface area contributed by atoms with E-state index in [0.717, 1.165) is 23.1 Å². The van der Waals surface area contributed by atoms with E-state index < -0.39 is 29.7 Å². The number of benzene rings is 1. The lowest BCUT2D eigenvalue weighted by Gasteiger charge is -2.27. The predicted octanol–water partition coefficient (Wildman–Crippen LogP) is 1.57. The van der Waals surface area contributed by atoms with Crippen LogP contribution in [0.4, 0.5) is 5.69 Å². The summed E-state index contributed by atoms with van der Waals surface area (Å²) < 4.78 is 0. The van der Waals surface area contributed by atoms with Crippen molar-refractivity contribution >= 4 is 51.2 Å². The van der Waals surface area contributed by atoms with Crippen LogP contribution in [0.3, 0.4) is 0 Å². The van der Waals surface area contributed by atoms with Crippen molar-refractivity contribution in [1.29, 1.82) is 0 Å². The molecule has 0 aromatic heterocycles. The molecule has 1 aromatic carbocycles. The molecule has 1 aromatic rings. The van der Waals surface area contributed by atoms with Crippen LogP contribution >= 0.6 is 15.9 Å². The monoisotopic (exact) mass is 492 g/mol. The van der Waals surface area contributed by atoms with E-state index in [1.165, 1.54) is 0 Å². The molecule has 5 amide bonds. The van der Waals surface area contributed by atoms with Gasteiger partial charge in [0.1, 0.15) is 6.04 Å². The maximum atomic E-state index is 13.0. The Morgan fingerprint density at radius 1 is 1.10 bits per heavy atom. The van der Waals surface area contributed by atoms with Crippen molar-refractivity contribution in [2.75, 3.05) is 23.7 Å². The Morgan fingerprint density at radius 3 is 2.65 bits per heavy atom.